The average Bonchev–Trinajstić information content (AvgIpc) is 3.22. The highest BCUT2D eigenvalue weighted by molar-refractivity contribution is 7.89. The van der Waals surface area contributed by atoms with Gasteiger partial charge in [0.1, 0.15) is 0 Å². The number of benzene rings is 1. The lowest BCUT2D eigenvalue weighted by molar-refractivity contribution is 0.400. The minimum absolute atomic E-state index is 0.225. The van der Waals surface area contributed by atoms with Crippen LogP contribution in [0.2, 0.25) is 0 Å². The highest BCUT2D eigenvalue weighted by Crippen LogP contribution is 2.39. The zero-order chi connectivity index (χ0) is 15.7. The summed E-state index contributed by atoms with van der Waals surface area (Å²) < 4.78 is 27.8. The SMILES string of the molecule is CCNC(C)c1ccc(S(=O)(=O)NC(C)(C)C2CC2)cc1. The molecule has 1 atom stereocenters. The van der Waals surface area contributed by atoms with E-state index < -0.39 is 10.0 Å². The van der Waals surface area contributed by atoms with Crippen LogP contribution in [0.1, 0.15) is 52.1 Å². The summed E-state index contributed by atoms with van der Waals surface area (Å²) in [4.78, 5) is 0.337. The molecule has 21 heavy (non-hydrogen) atoms. The molecular weight excluding hydrogens is 284 g/mol. The first-order valence-electron chi connectivity index (χ1n) is 7.63. The lowest BCUT2D eigenvalue weighted by Gasteiger charge is -2.25. The molecule has 5 heteroatoms. The number of sulfonamides is 1. The quantitative estimate of drug-likeness (QED) is 0.814. The first kappa shape index (κ1) is 16.5. The topological polar surface area (TPSA) is 58.2 Å². The highest BCUT2D eigenvalue weighted by atomic mass is 32.2. The Hall–Kier alpha value is -0.910. The van der Waals surface area contributed by atoms with Crippen molar-refractivity contribution in [3.05, 3.63) is 29.8 Å². The standard InChI is InChI=1S/C16H26N2O2S/c1-5-17-12(2)13-6-10-15(11-7-13)21(19,20)18-16(3,4)14-8-9-14/h6-7,10-12,14,17-18H,5,8-9H2,1-4H3. The Labute approximate surface area is 128 Å². The van der Waals surface area contributed by atoms with E-state index in [1.807, 2.05) is 26.0 Å². The van der Waals surface area contributed by atoms with E-state index in [9.17, 15) is 8.42 Å². The highest BCUT2D eigenvalue weighted by Gasteiger charge is 2.40. The van der Waals surface area contributed by atoms with Gasteiger partial charge in [-0.2, -0.15) is 0 Å². The number of nitrogens with one attached hydrogen (secondary N) is 2. The van der Waals surface area contributed by atoms with E-state index >= 15 is 0 Å². The largest absolute Gasteiger partial charge is 0.310 e. The van der Waals surface area contributed by atoms with Crippen LogP contribution >= 0.6 is 0 Å². The van der Waals surface area contributed by atoms with Crippen LogP contribution < -0.4 is 10.0 Å². The molecule has 1 aromatic carbocycles. The molecule has 1 fully saturated rings. The molecule has 0 aromatic heterocycles. The van der Waals surface area contributed by atoms with Gasteiger partial charge in [-0.3, -0.25) is 0 Å². The first-order valence-corrected chi connectivity index (χ1v) is 9.12. The third-order valence-electron chi connectivity index (χ3n) is 4.20. The van der Waals surface area contributed by atoms with E-state index in [4.69, 9.17) is 0 Å². The van der Waals surface area contributed by atoms with Crippen molar-refractivity contribution in [1.29, 1.82) is 0 Å². The van der Waals surface area contributed by atoms with Crippen LogP contribution in [-0.2, 0) is 10.0 Å². The summed E-state index contributed by atoms with van der Waals surface area (Å²) in [5, 5.41) is 3.32. The van der Waals surface area contributed by atoms with Crippen LogP contribution in [0.15, 0.2) is 29.2 Å². The molecule has 4 nitrogen and oxygen atoms in total. The summed E-state index contributed by atoms with van der Waals surface area (Å²) in [7, 11) is -3.45. The van der Waals surface area contributed by atoms with E-state index in [2.05, 4.69) is 23.9 Å². The van der Waals surface area contributed by atoms with Gasteiger partial charge in [-0.25, -0.2) is 13.1 Å². The molecule has 0 saturated heterocycles. The van der Waals surface area contributed by atoms with Crippen molar-refractivity contribution >= 4 is 10.0 Å². The third-order valence-corrected chi connectivity index (χ3v) is 5.88. The lowest BCUT2D eigenvalue weighted by atomic mass is 10.0. The van der Waals surface area contributed by atoms with Crippen molar-refractivity contribution in [2.45, 2.75) is 57.0 Å². The third kappa shape index (κ3) is 4.05. The maximum absolute atomic E-state index is 12.5. The molecule has 0 bridgehead atoms. The van der Waals surface area contributed by atoms with Crippen molar-refractivity contribution in [2.75, 3.05) is 6.54 Å². The minimum atomic E-state index is -3.45. The number of hydrogen-bond acceptors (Lipinski definition) is 3. The molecule has 0 spiro atoms. The fraction of sp³-hybridized carbons (Fsp3) is 0.625. The molecule has 118 valence electrons. The van der Waals surface area contributed by atoms with E-state index in [1.54, 1.807) is 12.1 Å². The van der Waals surface area contributed by atoms with Gasteiger partial charge in [-0.05, 0) is 63.8 Å². The second kappa shape index (κ2) is 6.07. The normalized spacial score (nSPS) is 17.7. The Morgan fingerprint density at radius 1 is 1.24 bits per heavy atom. The molecule has 1 aromatic rings. The predicted molar refractivity (Wildman–Crippen MR) is 85.7 cm³/mol. The molecule has 1 saturated carbocycles. The van der Waals surface area contributed by atoms with Crippen LogP contribution in [-0.4, -0.2) is 20.5 Å². The van der Waals surface area contributed by atoms with E-state index in [1.165, 1.54) is 0 Å². The van der Waals surface area contributed by atoms with Crippen LogP contribution in [0.4, 0.5) is 0 Å². The average molecular weight is 310 g/mol. The number of rotatable bonds is 7. The fourth-order valence-corrected chi connectivity index (χ4v) is 4.12. The van der Waals surface area contributed by atoms with Gasteiger partial charge >= 0.3 is 0 Å². The Balaban J connectivity index is 2.13. The molecule has 1 unspecified atom stereocenters. The summed E-state index contributed by atoms with van der Waals surface area (Å²) in [5.41, 5.74) is 0.728. The summed E-state index contributed by atoms with van der Waals surface area (Å²) in [6.45, 7) is 8.94. The van der Waals surface area contributed by atoms with Gasteiger partial charge in [0.2, 0.25) is 10.0 Å². The van der Waals surface area contributed by atoms with Gasteiger partial charge in [0.25, 0.3) is 0 Å². The van der Waals surface area contributed by atoms with Crippen molar-refractivity contribution in [3.63, 3.8) is 0 Å². The van der Waals surface area contributed by atoms with Crippen LogP contribution in [0.5, 0.6) is 0 Å². The Kier molecular flexibility index (Phi) is 4.76. The van der Waals surface area contributed by atoms with Crippen molar-refractivity contribution in [2.24, 2.45) is 5.92 Å². The molecule has 0 radical (unpaired) electrons. The lowest BCUT2D eigenvalue weighted by Crippen LogP contribution is -2.45. The summed E-state index contributed by atoms with van der Waals surface area (Å²) in [5.74, 6) is 0.459. The second-order valence-electron chi connectivity index (χ2n) is 6.45. The van der Waals surface area contributed by atoms with Crippen LogP contribution in [0, 0.1) is 5.92 Å². The maximum Gasteiger partial charge on any atom is 0.241 e. The van der Waals surface area contributed by atoms with Gasteiger partial charge < -0.3 is 5.32 Å². The monoisotopic (exact) mass is 310 g/mol. The van der Waals surface area contributed by atoms with Crippen LogP contribution in [0.25, 0.3) is 0 Å². The van der Waals surface area contributed by atoms with Gasteiger partial charge in [0.15, 0.2) is 0 Å². The smallest absolute Gasteiger partial charge is 0.241 e. The minimum Gasteiger partial charge on any atom is -0.310 e. The Morgan fingerprint density at radius 3 is 2.29 bits per heavy atom. The molecule has 2 rings (SSSR count). The number of hydrogen-bond donors (Lipinski definition) is 2. The van der Waals surface area contributed by atoms with Gasteiger partial charge in [0, 0.05) is 11.6 Å². The molecule has 0 aliphatic heterocycles. The molecule has 1 aliphatic rings. The van der Waals surface area contributed by atoms with E-state index in [-0.39, 0.29) is 11.6 Å². The zero-order valence-electron chi connectivity index (χ0n) is 13.3. The first-order chi connectivity index (χ1) is 9.76. The van der Waals surface area contributed by atoms with Gasteiger partial charge in [-0.15, -0.1) is 0 Å². The Bertz CT molecular complexity index is 575. The molecule has 0 amide bonds. The summed E-state index contributed by atoms with van der Waals surface area (Å²) in [6, 6.07) is 7.36. The van der Waals surface area contributed by atoms with Crippen molar-refractivity contribution in [1.82, 2.24) is 10.0 Å². The van der Waals surface area contributed by atoms with Gasteiger partial charge in [-0.1, -0.05) is 19.1 Å². The fourth-order valence-electron chi connectivity index (χ4n) is 2.65. The van der Waals surface area contributed by atoms with E-state index in [0.29, 0.717) is 10.8 Å². The zero-order valence-corrected chi connectivity index (χ0v) is 14.1. The Morgan fingerprint density at radius 2 is 1.81 bits per heavy atom. The molecule has 0 heterocycles. The van der Waals surface area contributed by atoms with E-state index in [0.717, 1.165) is 24.9 Å². The van der Waals surface area contributed by atoms with Crippen molar-refractivity contribution in [3.8, 4) is 0 Å². The van der Waals surface area contributed by atoms with Crippen molar-refractivity contribution < 1.29 is 8.42 Å². The molecule has 1 aliphatic carbocycles. The molecule has 2 N–H and O–H groups in total. The summed E-state index contributed by atoms with van der Waals surface area (Å²) in [6.07, 6.45) is 2.21. The predicted octanol–water partition coefficient (Wildman–Crippen LogP) is 2.82. The molecular formula is C16H26N2O2S. The maximum atomic E-state index is 12.5. The van der Waals surface area contributed by atoms with Gasteiger partial charge in [0.05, 0.1) is 4.90 Å². The van der Waals surface area contributed by atoms with Crippen LogP contribution in [0.3, 0.4) is 0 Å². The second-order valence-corrected chi connectivity index (χ2v) is 8.13. The summed E-state index contributed by atoms with van der Waals surface area (Å²) >= 11 is 0.